The van der Waals surface area contributed by atoms with Crippen molar-refractivity contribution >= 4 is 54.2 Å². The van der Waals surface area contributed by atoms with Crippen molar-refractivity contribution in [3.63, 3.8) is 0 Å². The first-order valence-corrected chi connectivity index (χ1v) is 32.4. The fourth-order valence-corrected chi connectivity index (χ4v) is 10.9. The monoisotopic (exact) mass is 2050 g/mol. The summed E-state index contributed by atoms with van der Waals surface area (Å²) in [5, 5.41) is 75.7. The molecular formula is C76H82Ir4N4O8S3-4. The van der Waals surface area contributed by atoms with Gasteiger partial charge in [-0.2, -0.15) is 12.1 Å². The van der Waals surface area contributed by atoms with Gasteiger partial charge in [0, 0.05) is 123 Å². The molecule has 8 unspecified atom stereocenters. The predicted octanol–water partition coefficient (Wildman–Crippen LogP) is 15.9. The summed E-state index contributed by atoms with van der Waals surface area (Å²) in [5.74, 6) is 0. The molecule has 0 aliphatic heterocycles. The Morgan fingerprint density at radius 1 is 0.326 bits per heavy atom. The molecule has 5 aromatic carbocycles. The number of aliphatic hydroxyl groups excluding tert-OH is 8. The van der Waals surface area contributed by atoms with Crippen LogP contribution in [0.1, 0.15) is 90.6 Å². The summed E-state index contributed by atoms with van der Waals surface area (Å²) in [4.78, 5) is 20.4. The summed E-state index contributed by atoms with van der Waals surface area (Å²) in [6.45, 7) is 9.96. The van der Waals surface area contributed by atoms with Crippen LogP contribution in [0.15, 0.2) is 242 Å². The fourth-order valence-electron chi connectivity index (χ4n) is 8.33. The van der Waals surface area contributed by atoms with Crippen LogP contribution in [0, 0.1) is 24.3 Å². The number of thiophene rings is 3. The van der Waals surface area contributed by atoms with Crippen LogP contribution in [0.2, 0.25) is 0 Å². The van der Waals surface area contributed by atoms with Crippen LogP contribution in [0.3, 0.4) is 0 Å². The average molecular weight is 2040 g/mol. The predicted molar refractivity (Wildman–Crippen MR) is 374 cm³/mol. The third-order valence-corrected chi connectivity index (χ3v) is 15.4. The van der Waals surface area contributed by atoms with E-state index in [1.54, 1.807) is 87.9 Å². The number of rotatable bonds is 14. The van der Waals surface area contributed by atoms with Gasteiger partial charge in [-0.15, -0.1) is 88.4 Å². The van der Waals surface area contributed by atoms with Gasteiger partial charge >= 0.3 is 0 Å². The molecule has 0 bridgehead atoms. The largest absolute Gasteiger partial charge is 0.393 e. The summed E-state index contributed by atoms with van der Waals surface area (Å²) in [7, 11) is 0. The van der Waals surface area contributed by atoms with Gasteiger partial charge in [0.05, 0.1) is 48.8 Å². The van der Waals surface area contributed by atoms with Crippen LogP contribution in [0.5, 0.6) is 0 Å². The van der Waals surface area contributed by atoms with E-state index in [1.807, 2.05) is 194 Å². The van der Waals surface area contributed by atoms with Crippen molar-refractivity contribution in [3.8, 4) is 43.0 Å². The number of fused-ring (bicyclic) bond motifs is 2. The molecule has 4 radical (unpaired) electrons. The van der Waals surface area contributed by atoms with Crippen molar-refractivity contribution in [1.29, 1.82) is 0 Å². The van der Waals surface area contributed by atoms with Crippen LogP contribution in [0.4, 0.5) is 0 Å². The number of aromatic nitrogens is 4. The molecule has 0 saturated carbocycles. The maximum absolute atomic E-state index is 9.99. The molecule has 12 nitrogen and oxygen atoms in total. The SMILES string of the molecule is CC(O)CC(C)O.CC(O)CC(C)O.CC(O)CC(C)O.OC(CC(O)c1ccccc1)c1ccccc1.[Ir].[Ir].[Ir].[Ir].[c-]1c(-c2ccccn2)sc2ccccc12.[c-]1c(-c2ccccn2)sc2ccccc12.[c-]1ccccc1-c1ccccn1.[c-]1ccsc1-c1ccccn1. The van der Waals surface area contributed by atoms with E-state index in [2.05, 4.69) is 80.6 Å². The second kappa shape index (κ2) is 50.9. The van der Waals surface area contributed by atoms with E-state index in [-0.39, 0.29) is 117 Å². The second-order valence-corrected chi connectivity index (χ2v) is 24.0. The van der Waals surface area contributed by atoms with Crippen LogP contribution in [-0.2, 0) is 80.4 Å². The third kappa shape index (κ3) is 36.1. The van der Waals surface area contributed by atoms with Crippen LogP contribution >= 0.6 is 34.0 Å². The van der Waals surface area contributed by atoms with E-state index in [1.165, 1.54) is 20.2 Å². The average Bonchev–Trinajstić information content (AvgIpc) is 1.71. The Bertz CT molecular complexity index is 3430. The molecule has 0 spiro atoms. The fraction of sp³-hybridized carbons (Fsp3) is 0.237. The first kappa shape index (κ1) is 87.6. The summed E-state index contributed by atoms with van der Waals surface area (Å²) in [6, 6.07) is 81.7. The molecule has 0 fully saturated rings. The second-order valence-electron chi connectivity index (χ2n) is 21.0. The van der Waals surface area contributed by atoms with Crippen LogP contribution in [0.25, 0.3) is 63.1 Å². The van der Waals surface area contributed by atoms with Crippen molar-refractivity contribution in [3.05, 3.63) is 278 Å². The molecule has 7 aromatic heterocycles. The molecule has 0 amide bonds. The summed E-state index contributed by atoms with van der Waals surface area (Å²) < 4.78 is 2.52. The first-order chi connectivity index (χ1) is 43.9. The Morgan fingerprint density at radius 2 is 0.653 bits per heavy atom. The molecule has 512 valence electrons. The third-order valence-electron chi connectivity index (χ3n) is 12.4. The molecule has 0 aliphatic carbocycles. The number of aliphatic hydroxyl groups is 8. The molecule has 19 heteroatoms. The number of benzene rings is 5. The first-order valence-electron chi connectivity index (χ1n) is 29.9. The normalized spacial score (nSPS) is 12.4. The van der Waals surface area contributed by atoms with Crippen molar-refractivity contribution in [1.82, 2.24) is 19.9 Å². The van der Waals surface area contributed by atoms with Crippen molar-refractivity contribution in [2.24, 2.45) is 0 Å². The molecule has 7 heterocycles. The van der Waals surface area contributed by atoms with Gasteiger partial charge in [0.1, 0.15) is 0 Å². The van der Waals surface area contributed by atoms with Gasteiger partial charge in [-0.05, 0) is 127 Å². The van der Waals surface area contributed by atoms with Gasteiger partial charge in [-0.3, -0.25) is 0 Å². The van der Waals surface area contributed by atoms with E-state index in [9.17, 15) is 10.2 Å². The molecular weight excluding hydrogens is 1960 g/mol. The maximum atomic E-state index is 9.99. The smallest absolute Gasteiger partial charge is 0.0818 e. The van der Waals surface area contributed by atoms with Crippen molar-refractivity contribution < 1.29 is 121 Å². The number of nitrogens with zero attached hydrogens (tertiary/aromatic N) is 4. The minimum absolute atomic E-state index is 0. The number of hydrogen-bond acceptors (Lipinski definition) is 15. The zero-order valence-electron chi connectivity index (χ0n) is 53.5. The van der Waals surface area contributed by atoms with E-state index in [0.717, 1.165) is 54.1 Å². The van der Waals surface area contributed by atoms with Gasteiger partial charge in [0.15, 0.2) is 0 Å². The van der Waals surface area contributed by atoms with Crippen molar-refractivity contribution in [2.75, 3.05) is 0 Å². The van der Waals surface area contributed by atoms with Gasteiger partial charge < -0.3 is 60.8 Å². The summed E-state index contributed by atoms with van der Waals surface area (Å²) in [5.41, 5.74) is 6.68. The quantitative estimate of drug-likeness (QED) is 0.0478. The van der Waals surface area contributed by atoms with Gasteiger partial charge in [-0.25, -0.2) is 34.0 Å². The van der Waals surface area contributed by atoms with Crippen LogP contribution in [-0.4, -0.2) is 97.4 Å². The summed E-state index contributed by atoms with van der Waals surface area (Å²) in [6.07, 6.45) is 5.42. The molecule has 95 heavy (non-hydrogen) atoms. The number of pyridine rings is 4. The Hall–Kier alpha value is -5.40. The van der Waals surface area contributed by atoms with E-state index < -0.39 is 12.2 Å². The molecule has 12 aromatic rings. The molecule has 8 atom stereocenters. The van der Waals surface area contributed by atoms with E-state index in [0.29, 0.717) is 25.7 Å². The molecule has 12 rings (SSSR count). The van der Waals surface area contributed by atoms with Gasteiger partial charge in [-0.1, -0.05) is 138 Å². The van der Waals surface area contributed by atoms with Crippen molar-refractivity contribution in [2.45, 2.75) is 116 Å². The van der Waals surface area contributed by atoms with Gasteiger partial charge in [0.25, 0.3) is 0 Å². The Balaban J connectivity index is 0.000000551. The molecule has 0 aliphatic rings. The van der Waals surface area contributed by atoms with Gasteiger partial charge in [0.2, 0.25) is 0 Å². The van der Waals surface area contributed by atoms with E-state index in [4.69, 9.17) is 30.6 Å². The maximum Gasteiger partial charge on any atom is 0.0818 e. The molecule has 8 N–H and O–H groups in total. The topological polar surface area (TPSA) is 213 Å². The Morgan fingerprint density at radius 3 is 0.947 bits per heavy atom. The zero-order chi connectivity index (χ0) is 65.6. The minimum atomic E-state index is -0.633. The summed E-state index contributed by atoms with van der Waals surface area (Å²) >= 11 is 5.12. The standard InChI is InChI=1S/C15H16O2.2C13H8NS.C11H8N.C9H6NS.3C5H12O2.4Ir/c16-14(12-7-3-1-4-8-12)11-15(17)13-9-5-2-6-10-13;2*1-2-7-12-10(5-1)9-13(15-12)11-6-3-4-8-14-11;1-2-6-10(7-3-1)11-8-4-5-9-12-11;1-2-6-10-8(4-1)9-5-3-7-11-9;3*1-4(6)3-5(2)7;;;;/h1-10,14-17H,11H2;2*1-8H;1-6,8-9H;1-4,6-7H;3*4-7H,3H2,1-2H3;;;;/q;4*-1;;;;;;;. The Labute approximate surface area is 626 Å². The molecule has 0 saturated heterocycles. The number of hydrogen-bond donors (Lipinski definition) is 8. The van der Waals surface area contributed by atoms with E-state index >= 15 is 0 Å². The Kier molecular flexibility index (Phi) is 46.9. The zero-order valence-corrected chi connectivity index (χ0v) is 65.5. The van der Waals surface area contributed by atoms with Crippen LogP contribution < -0.4 is 0 Å². The minimum Gasteiger partial charge on any atom is -0.393 e.